The van der Waals surface area contributed by atoms with E-state index in [4.69, 9.17) is 0 Å². The zero-order chi connectivity index (χ0) is 16.2. The molecule has 2 N–H and O–H groups in total. The molecule has 22 heavy (non-hydrogen) atoms. The predicted molar refractivity (Wildman–Crippen MR) is 90.5 cm³/mol. The van der Waals surface area contributed by atoms with Gasteiger partial charge < -0.3 is 5.32 Å². The van der Waals surface area contributed by atoms with Gasteiger partial charge in [-0.3, -0.25) is 0 Å². The Morgan fingerprint density at radius 2 is 1.82 bits per heavy atom. The molecule has 1 aliphatic heterocycles. The van der Waals surface area contributed by atoms with Crippen LogP contribution in [0.15, 0.2) is 29.2 Å². The van der Waals surface area contributed by atoms with Gasteiger partial charge in [0, 0.05) is 6.54 Å². The molecule has 0 bridgehead atoms. The van der Waals surface area contributed by atoms with Gasteiger partial charge in [0.2, 0.25) is 10.0 Å². The number of hydrogen-bond acceptors (Lipinski definition) is 3. The largest absolute Gasteiger partial charge is 0.317 e. The summed E-state index contributed by atoms with van der Waals surface area (Å²) in [5, 5.41) is 3.31. The van der Waals surface area contributed by atoms with E-state index in [2.05, 4.69) is 30.8 Å². The number of hydrogen-bond donors (Lipinski definition) is 2. The molecule has 0 amide bonds. The highest BCUT2D eigenvalue weighted by atomic mass is 32.2. The van der Waals surface area contributed by atoms with Crippen LogP contribution in [0, 0.1) is 5.41 Å². The first-order valence-corrected chi connectivity index (χ1v) is 9.65. The van der Waals surface area contributed by atoms with Gasteiger partial charge in [0.05, 0.1) is 4.90 Å². The standard InChI is InChI=1S/C17H28N2O2S/c1-4-14(2)15-5-7-16(8-6-15)22(20,21)19-13-17(3)9-11-18-12-10-17/h5-8,14,18-19H,4,9-13H2,1-3H3. The average Bonchev–Trinajstić information content (AvgIpc) is 2.53. The minimum Gasteiger partial charge on any atom is -0.317 e. The molecule has 0 aromatic heterocycles. The van der Waals surface area contributed by atoms with E-state index in [0.717, 1.165) is 32.4 Å². The Labute approximate surface area is 134 Å². The topological polar surface area (TPSA) is 58.2 Å². The first kappa shape index (κ1) is 17.4. The second-order valence-electron chi connectivity index (χ2n) is 6.76. The number of rotatable bonds is 6. The van der Waals surface area contributed by atoms with Crippen molar-refractivity contribution in [2.75, 3.05) is 19.6 Å². The average molecular weight is 324 g/mol. The quantitative estimate of drug-likeness (QED) is 0.846. The van der Waals surface area contributed by atoms with Crippen LogP contribution in [0.3, 0.4) is 0 Å². The maximum absolute atomic E-state index is 12.4. The Bertz CT molecular complexity index is 575. The fraction of sp³-hybridized carbons (Fsp3) is 0.647. The summed E-state index contributed by atoms with van der Waals surface area (Å²) in [7, 11) is -3.42. The smallest absolute Gasteiger partial charge is 0.240 e. The molecule has 4 nitrogen and oxygen atoms in total. The van der Waals surface area contributed by atoms with Crippen LogP contribution >= 0.6 is 0 Å². The van der Waals surface area contributed by atoms with Crippen molar-refractivity contribution in [1.29, 1.82) is 0 Å². The maximum Gasteiger partial charge on any atom is 0.240 e. The third-order valence-corrected chi connectivity index (χ3v) is 6.29. The summed E-state index contributed by atoms with van der Waals surface area (Å²) in [6, 6.07) is 7.28. The summed E-state index contributed by atoms with van der Waals surface area (Å²) in [6.07, 6.45) is 3.06. The van der Waals surface area contributed by atoms with Gasteiger partial charge in [-0.1, -0.05) is 32.9 Å². The number of piperidine rings is 1. The second kappa shape index (κ2) is 7.11. The van der Waals surface area contributed by atoms with E-state index in [-0.39, 0.29) is 5.41 Å². The van der Waals surface area contributed by atoms with Crippen molar-refractivity contribution in [3.63, 3.8) is 0 Å². The van der Waals surface area contributed by atoms with Crippen molar-refractivity contribution in [3.05, 3.63) is 29.8 Å². The highest BCUT2D eigenvalue weighted by Crippen LogP contribution is 2.27. The van der Waals surface area contributed by atoms with E-state index in [0.29, 0.717) is 17.4 Å². The summed E-state index contributed by atoms with van der Waals surface area (Å²) in [6.45, 7) is 8.87. The van der Waals surface area contributed by atoms with Crippen molar-refractivity contribution in [2.24, 2.45) is 5.41 Å². The van der Waals surface area contributed by atoms with Crippen LogP contribution in [0.4, 0.5) is 0 Å². The van der Waals surface area contributed by atoms with Crippen LogP contribution in [0.25, 0.3) is 0 Å². The molecule has 1 saturated heterocycles. The molecule has 124 valence electrons. The van der Waals surface area contributed by atoms with Crippen LogP contribution < -0.4 is 10.0 Å². The third-order valence-electron chi connectivity index (χ3n) is 4.87. The zero-order valence-electron chi connectivity index (χ0n) is 13.9. The minimum atomic E-state index is -3.42. The van der Waals surface area contributed by atoms with Gasteiger partial charge in [-0.05, 0) is 61.4 Å². The normalized spacial score (nSPS) is 19.8. The Hall–Kier alpha value is -0.910. The van der Waals surface area contributed by atoms with Crippen LogP contribution in [0.1, 0.15) is 51.5 Å². The molecule has 1 aromatic carbocycles. The highest BCUT2D eigenvalue weighted by molar-refractivity contribution is 7.89. The van der Waals surface area contributed by atoms with E-state index >= 15 is 0 Å². The first-order chi connectivity index (χ1) is 10.4. The van der Waals surface area contributed by atoms with Crippen molar-refractivity contribution in [3.8, 4) is 0 Å². The Morgan fingerprint density at radius 1 is 1.23 bits per heavy atom. The van der Waals surface area contributed by atoms with E-state index in [1.165, 1.54) is 5.56 Å². The molecule has 0 aliphatic carbocycles. The lowest BCUT2D eigenvalue weighted by Crippen LogP contribution is -2.42. The first-order valence-electron chi connectivity index (χ1n) is 8.17. The van der Waals surface area contributed by atoms with Crippen LogP contribution in [0.2, 0.25) is 0 Å². The monoisotopic (exact) mass is 324 g/mol. The third kappa shape index (κ3) is 4.31. The summed E-state index contributed by atoms with van der Waals surface area (Å²) >= 11 is 0. The van der Waals surface area contributed by atoms with Crippen molar-refractivity contribution >= 4 is 10.0 Å². The second-order valence-corrected chi connectivity index (χ2v) is 8.53. The Morgan fingerprint density at radius 3 is 2.36 bits per heavy atom. The molecule has 2 rings (SSSR count). The molecule has 5 heteroatoms. The van der Waals surface area contributed by atoms with E-state index in [1.54, 1.807) is 12.1 Å². The molecule has 1 aliphatic rings. The molecular formula is C17H28N2O2S. The SMILES string of the molecule is CCC(C)c1ccc(S(=O)(=O)NCC2(C)CCNCC2)cc1. The van der Waals surface area contributed by atoms with Gasteiger partial charge in [0.1, 0.15) is 0 Å². The molecule has 1 aromatic rings. The molecule has 1 heterocycles. The lowest BCUT2D eigenvalue weighted by Gasteiger charge is -2.34. The van der Waals surface area contributed by atoms with Gasteiger partial charge in [-0.2, -0.15) is 0 Å². The fourth-order valence-electron chi connectivity index (χ4n) is 2.77. The summed E-state index contributed by atoms with van der Waals surface area (Å²) < 4.78 is 27.7. The number of benzene rings is 1. The van der Waals surface area contributed by atoms with Crippen molar-refractivity contribution < 1.29 is 8.42 Å². The van der Waals surface area contributed by atoms with Gasteiger partial charge in [0.15, 0.2) is 0 Å². The molecular weight excluding hydrogens is 296 g/mol. The molecule has 0 spiro atoms. The van der Waals surface area contributed by atoms with Crippen LogP contribution in [-0.2, 0) is 10.0 Å². The minimum absolute atomic E-state index is 0.0506. The lowest BCUT2D eigenvalue weighted by atomic mass is 9.81. The molecule has 0 saturated carbocycles. The van der Waals surface area contributed by atoms with Crippen molar-refractivity contribution in [2.45, 2.75) is 50.8 Å². The molecule has 1 unspecified atom stereocenters. The number of sulfonamides is 1. The predicted octanol–water partition coefficient (Wildman–Crippen LogP) is 2.87. The van der Waals surface area contributed by atoms with Crippen LogP contribution in [0.5, 0.6) is 0 Å². The van der Waals surface area contributed by atoms with E-state index in [9.17, 15) is 8.42 Å². The van der Waals surface area contributed by atoms with Gasteiger partial charge in [0.25, 0.3) is 0 Å². The Kier molecular flexibility index (Phi) is 5.64. The number of nitrogens with one attached hydrogen (secondary N) is 2. The van der Waals surface area contributed by atoms with E-state index in [1.807, 2.05) is 12.1 Å². The summed E-state index contributed by atoms with van der Waals surface area (Å²) in [5.74, 6) is 0.457. The zero-order valence-corrected chi connectivity index (χ0v) is 14.7. The fourth-order valence-corrected chi connectivity index (χ4v) is 3.97. The van der Waals surface area contributed by atoms with Gasteiger partial charge >= 0.3 is 0 Å². The van der Waals surface area contributed by atoms with Gasteiger partial charge in [-0.25, -0.2) is 13.1 Å². The van der Waals surface area contributed by atoms with Crippen molar-refractivity contribution in [1.82, 2.24) is 10.0 Å². The van der Waals surface area contributed by atoms with Crippen LogP contribution in [-0.4, -0.2) is 28.1 Å². The maximum atomic E-state index is 12.4. The van der Waals surface area contributed by atoms with E-state index < -0.39 is 10.0 Å². The Balaban J connectivity index is 2.03. The highest BCUT2D eigenvalue weighted by Gasteiger charge is 2.28. The van der Waals surface area contributed by atoms with Gasteiger partial charge in [-0.15, -0.1) is 0 Å². The molecule has 1 fully saturated rings. The summed E-state index contributed by atoms with van der Waals surface area (Å²) in [4.78, 5) is 0.358. The molecule has 0 radical (unpaired) electrons. The summed E-state index contributed by atoms with van der Waals surface area (Å²) in [5.41, 5.74) is 1.24. The molecule has 1 atom stereocenters. The lowest BCUT2D eigenvalue weighted by molar-refractivity contribution is 0.232.